The summed E-state index contributed by atoms with van der Waals surface area (Å²) in [5.41, 5.74) is 1.16. The fourth-order valence-corrected chi connectivity index (χ4v) is 2.97. The molecule has 0 spiro atoms. The van der Waals surface area contributed by atoms with Crippen molar-refractivity contribution in [2.24, 2.45) is 5.92 Å². The highest BCUT2D eigenvalue weighted by atomic mass is 35.5. The third kappa shape index (κ3) is 3.77. The van der Waals surface area contributed by atoms with E-state index in [4.69, 9.17) is 23.2 Å². The molecule has 1 heterocycles. The second-order valence-electron chi connectivity index (χ2n) is 5.83. The molecule has 1 aromatic carbocycles. The number of rotatable bonds is 3. The zero-order valence-corrected chi connectivity index (χ0v) is 13.3. The van der Waals surface area contributed by atoms with Gasteiger partial charge >= 0.3 is 0 Å². The van der Waals surface area contributed by atoms with Gasteiger partial charge in [0.2, 0.25) is 0 Å². The standard InChI is InChI=1S/C15H22Cl2N2/c1-10(2)6-12-9-19(11(3)8-18-12)13-4-5-14(16)15(17)7-13/h4-5,7,10-12,18H,6,8-9H2,1-3H3. The Kier molecular flexibility index (Phi) is 4.99. The molecule has 106 valence electrons. The number of anilines is 1. The molecular formula is C15H22Cl2N2. The minimum absolute atomic E-state index is 0.473. The first-order valence-corrected chi connectivity index (χ1v) is 7.68. The summed E-state index contributed by atoms with van der Waals surface area (Å²) in [6, 6.07) is 6.93. The van der Waals surface area contributed by atoms with Crippen LogP contribution in [-0.2, 0) is 0 Å². The zero-order chi connectivity index (χ0) is 14.0. The Labute approximate surface area is 126 Å². The molecule has 1 aromatic rings. The molecule has 2 rings (SSSR count). The topological polar surface area (TPSA) is 15.3 Å². The SMILES string of the molecule is CC(C)CC1CN(c2ccc(Cl)c(Cl)c2)C(C)CN1. The fourth-order valence-electron chi connectivity index (χ4n) is 2.68. The normalized spacial score (nSPS) is 24.0. The predicted molar refractivity (Wildman–Crippen MR) is 84.5 cm³/mol. The highest BCUT2D eigenvalue weighted by Gasteiger charge is 2.25. The summed E-state index contributed by atoms with van der Waals surface area (Å²) in [4.78, 5) is 2.42. The van der Waals surface area contributed by atoms with Crippen LogP contribution in [0.25, 0.3) is 0 Å². The van der Waals surface area contributed by atoms with Gasteiger partial charge in [-0.05, 0) is 37.5 Å². The van der Waals surface area contributed by atoms with Gasteiger partial charge < -0.3 is 10.2 Å². The van der Waals surface area contributed by atoms with E-state index in [1.165, 1.54) is 6.42 Å². The molecule has 1 N–H and O–H groups in total. The molecule has 1 fully saturated rings. The minimum atomic E-state index is 0.473. The fraction of sp³-hybridized carbons (Fsp3) is 0.600. The van der Waals surface area contributed by atoms with Gasteiger partial charge in [-0.1, -0.05) is 37.0 Å². The van der Waals surface area contributed by atoms with E-state index in [1.54, 1.807) is 0 Å². The number of nitrogens with zero attached hydrogens (tertiary/aromatic N) is 1. The van der Waals surface area contributed by atoms with Crippen molar-refractivity contribution < 1.29 is 0 Å². The van der Waals surface area contributed by atoms with Crippen LogP contribution in [0.5, 0.6) is 0 Å². The summed E-state index contributed by atoms with van der Waals surface area (Å²) >= 11 is 12.1. The number of halogens is 2. The van der Waals surface area contributed by atoms with E-state index >= 15 is 0 Å². The molecule has 0 saturated carbocycles. The van der Waals surface area contributed by atoms with Gasteiger partial charge in [-0.15, -0.1) is 0 Å². The van der Waals surface area contributed by atoms with E-state index in [2.05, 4.69) is 37.1 Å². The largest absolute Gasteiger partial charge is 0.366 e. The van der Waals surface area contributed by atoms with Crippen LogP contribution in [0.15, 0.2) is 18.2 Å². The van der Waals surface area contributed by atoms with Gasteiger partial charge in [0, 0.05) is 30.9 Å². The lowest BCUT2D eigenvalue weighted by atomic mass is 9.99. The van der Waals surface area contributed by atoms with Crippen LogP contribution in [0, 0.1) is 5.92 Å². The molecule has 0 aliphatic carbocycles. The first-order chi connectivity index (χ1) is 8.97. The molecule has 2 unspecified atom stereocenters. The van der Waals surface area contributed by atoms with Crippen LogP contribution in [0.1, 0.15) is 27.2 Å². The van der Waals surface area contributed by atoms with Crippen molar-refractivity contribution in [3.63, 3.8) is 0 Å². The van der Waals surface area contributed by atoms with E-state index in [-0.39, 0.29) is 0 Å². The number of benzene rings is 1. The van der Waals surface area contributed by atoms with Crippen LogP contribution < -0.4 is 10.2 Å². The van der Waals surface area contributed by atoms with E-state index in [0.29, 0.717) is 28.0 Å². The maximum atomic E-state index is 6.13. The summed E-state index contributed by atoms with van der Waals surface area (Å²) in [6.45, 7) is 8.81. The summed E-state index contributed by atoms with van der Waals surface area (Å²) in [5.74, 6) is 0.710. The summed E-state index contributed by atoms with van der Waals surface area (Å²) in [7, 11) is 0. The maximum Gasteiger partial charge on any atom is 0.0612 e. The first-order valence-electron chi connectivity index (χ1n) is 6.92. The van der Waals surface area contributed by atoms with Gasteiger partial charge in [-0.3, -0.25) is 0 Å². The second-order valence-corrected chi connectivity index (χ2v) is 6.65. The lowest BCUT2D eigenvalue weighted by Crippen LogP contribution is -2.55. The summed E-state index contributed by atoms with van der Waals surface area (Å²) in [5, 5.41) is 4.87. The molecule has 0 aromatic heterocycles. The molecule has 0 radical (unpaired) electrons. The Balaban J connectivity index is 2.14. The molecule has 1 aliphatic rings. The average molecular weight is 301 g/mol. The maximum absolute atomic E-state index is 6.13. The molecule has 0 bridgehead atoms. The Bertz CT molecular complexity index is 434. The molecule has 2 atom stereocenters. The Morgan fingerprint density at radius 2 is 2.05 bits per heavy atom. The number of nitrogens with one attached hydrogen (secondary N) is 1. The quantitative estimate of drug-likeness (QED) is 0.900. The Hall–Kier alpha value is -0.440. The van der Waals surface area contributed by atoms with Crippen molar-refractivity contribution in [1.29, 1.82) is 0 Å². The van der Waals surface area contributed by atoms with Crippen molar-refractivity contribution in [2.75, 3.05) is 18.0 Å². The number of piperazine rings is 1. The van der Waals surface area contributed by atoms with E-state index in [1.807, 2.05) is 12.1 Å². The molecule has 19 heavy (non-hydrogen) atoms. The van der Waals surface area contributed by atoms with Gasteiger partial charge in [0.15, 0.2) is 0 Å². The highest BCUT2D eigenvalue weighted by Crippen LogP contribution is 2.29. The highest BCUT2D eigenvalue weighted by molar-refractivity contribution is 6.42. The molecule has 1 saturated heterocycles. The van der Waals surface area contributed by atoms with Gasteiger partial charge in [-0.25, -0.2) is 0 Å². The van der Waals surface area contributed by atoms with Crippen LogP contribution in [-0.4, -0.2) is 25.2 Å². The van der Waals surface area contributed by atoms with Gasteiger partial charge in [0.25, 0.3) is 0 Å². The van der Waals surface area contributed by atoms with Gasteiger partial charge in [0.05, 0.1) is 10.0 Å². The molecule has 1 aliphatic heterocycles. The summed E-state index contributed by atoms with van der Waals surface area (Å²) in [6.07, 6.45) is 1.20. The number of hydrogen-bond acceptors (Lipinski definition) is 2. The second kappa shape index (κ2) is 6.34. The van der Waals surface area contributed by atoms with E-state index < -0.39 is 0 Å². The van der Waals surface area contributed by atoms with Crippen molar-refractivity contribution in [3.05, 3.63) is 28.2 Å². The monoisotopic (exact) mass is 300 g/mol. The lowest BCUT2D eigenvalue weighted by molar-refractivity contribution is 0.356. The van der Waals surface area contributed by atoms with Crippen LogP contribution in [0.3, 0.4) is 0 Å². The Morgan fingerprint density at radius 1 is 1.32 bits per heavy atom. The van der Waals surface area contributed by atoms with Crippen LogP contribution in [0.2, 0.25) is 10.0 Å². The first kappa shape index (κ1) is 15.0. The van der Waals surface area contributed by atoms with Gasteiger partial charge in [0.1, 0.15) is 0 Å². The molecular weight excluding hydrogens is 279 g/mol. The minimum Gasteiger partial charge on any atom is -0.366 e. The number of hydrogen-bond donors (Lipinski definition) is 1. The average Bonchev–Trinajstić information content (AvgIpc) is 2.34. The van der Waals surface area contributed by atoms with Crippen LogP contribution >= 0.6 is 23.2 Å². The third-order valence-corrected chi connectivity index (χ3v) is 4.38. The van der Waals surface area contributed by atoms with Crippen LogP contribution in [0.4, 0.5) is 5.69 Å². The van der Waals surface area contributed by atoms with Crippen molar-refractivity contribution in [2.45, 2.75) is 39.3 Å². The lowest BCUT2D eigenvalue weighted by Gasteiger charge is -2.41. The molecule has 4 heteroatoms. The van der Waals surface area contributed by atoms with E-state index in [0.717, 1.165) is 18.8 Å². The molecule has 0 amide bonds. The predicted octanol–water partition coefficient (Wildman–Crippen LogP) is 4.21. The Morgan fingerprint density at radius 3 is 2.68 bits per heavy atom. The van der Waals surface area contributed by atoms with Gasteiger partial charge in [-0.2, -0.15) is 0 Å². The molecule has 2 nitrogen and oxygen atoms in total. The van der Waals surface area contributed by atoms with Crippen molar-refractivity contribution in [1.82, 2.24) is 5.32 Å². The zero-order valence-electron chi connectivity index (χ0n) is 11.8. The van der Waals surface area contributed by atoms with Crippen molar-refractivity contribution >= 4 is 28.9 Å². The summed E-state index contributed by atoms with van der Waals surface area (Å²) < 4.78 is 0. The third-order valence-electron chi connectivity index (χ3n) is 3.64. The van der Waals surface area contributed by atoms with E-state index in [9.17, 15) is 0 Å². The smallest absolute Gasteiger partial charge is 0.0612 e. The van der Waals surface area contributed by atoms with Crippen molar-refractivity contribution in [3.8, 4) is 0 Å².